The molecule has 108 valence electrons. The highest BCUT2D eigenvalue weighted by atomic mass is 16.3. The van der Waals surface area contributed by atoms with E-state index in [9.17, 15) is 5.11 Å². The number of aliphatic hydroxyl groups is 1. The summed E-state index contributed by atoms with van der Waals surface area (Å²) in [5.41, 5.74) is 2.85. The molecule has 1 atom stereocenters. The van der Waals surface area contributed by atoms with Crippen molar-refractivity contribution in [2.24, 2.45) is 0 Å². The van der Waals surface area contributed by atoms with E-state index in [1.807, 2.05) is 72.8 Å². The SMILES string of the molecule is C=CCNCC=C(c1ccccc1)C(O)c1ccccc1. The average Bonchev–Trinajstić information content (AvgIpc) is 2.56. The summed E-state index contributed by atoms with van der Waals surface area (Å²) in [7, 11) is 0. The van der Waals surface area contributed by atoms with Crippen LogP contribution >= 0.6 is 0 Å². The van der Waals surface area contributed by atoms with E-state index in [0.717, 1.165) is 23.2 Å². The molecule has 0 aliphatic rings. The quantitative estimate of drug-likeness (QED) is 0.600. The highest BCUT2D eigenvalue weighted by Gasteiger charge is 2.14. The molecule has 0 saturated carbocycles. The van der Waals surface area contributed by atoms with E-state index >= 15 is 0 Å². The Bertz CT molecular complexity index is 575. The first-order valence-electron chi connectivity index (χ1n) is 7.13. The second kappa shape index (κ2) is 8.20. The Morgan fingerprint density at radius 1 is 1.00 bits per heavy atom. The summed E-state index contributed by atoms with van der Waals surface area (Å²) in [6.45, 7) is 5.13. The molecule has 0 saturated heterocycles. The van der Waals surface area contributed by atoms with Crippen molar-refractivity contribution in [1.82, 2.24) is 5.32 Å². The van der Waals surface area contributed by atoms with E-state index in [-0.39, 0.29) is 0 Å². The van der Waals surface area contributed by atoms with Crippen molar-refractivity contribution in [3.63, 3.8) is 0 Å². The standard InChI is InChI=1S/C19H21NO/c1-2-14-20-15-13-18(16-9-5-3-6-10-16)19(21)17-11-7-4-8-12-17/h2-13,19-21H,1,14-15H2. The minimum Gasteiger partial charge on any atom is -0.384 e. The Morgan fingerprint density at radius 3 is 2.24 bits per heavy atom. The van der Waals surface area contributed by atoms with E-state index in [0.29, 0.717) is 6.54 Å². The van der Waals surface area contributed by atoms with Crippen molar-refractivity contribution in [2.75, 3.05) is 13.1 Å². The molecule has 2 N–H and O–H groups in total. The number of hydrogen-bond acceptors (Lipinski definition) is 2. The van der Waals surface area contributed by atoms with Gasteiger partial charge in [0.1, 0.15) is 6.10 Å². The number of rotatable bonds is 7. The summed E-state index contributed by atoms with van der Waals surface area (Å²) >= 11 is 0. The minimum absolute atomic E-state index is 0.626. The maximum Gasteiger partial charge on any atom is 0.104 e. The van der Waals surface area contributed by atoms with Crippen LogP contribution in [0.5, 0.6) is 0 Å². The van der Waals surface area contributed by atoms with Gasteiger partial charge in [-0.05, 0) is 16.7 Å². The normalized spacial score (nSPS) is 12.9. The minimum atomic E-state index is -0.626. The molecule has 0 fully saturated rings. The molecule has 2 nitrogen and oxygen atoms in total. The smallest absolute Gasteiger partial charge is 0.104 e. The average molecular weight is 279 g/mol. The molecule has 0 bridgehead atoms. The molecule has 2 aromatic carbocycles. The van der Waals surface area contributed by atoms with Crippen LogP contribution < -0.4 is 5.32 Å². The van der Waals surface area contributed by atoms with Gasteiger partial charge < -0.3 is 10.4 Å². The van der Waals surface area contributed by atoms with Gasteiger partial charge in [0.2, 0.25) is 0 Å². The van der Waals surface area contributed by atoms with Gasteiger partial charge in [-0.1, -0.05) is 72.8 Å². The van der Waals surface area contributed by atoms with Crippen LogP contribution in [-0.2, 0) is 0 Å². The monoisotopic (exact) mass is 279 g/mol. The molecule has 2 heteroatoms. The van der Waals surface area contributed by atoms with Gasteiger partial charge in [0.15, 0.2) is 0 Å². The number of benzene rings is 2. The fraction of sp³-hybridized carbons (Fsp3) is 0.158. The molecule has 1 unspecified atom stereocenters. The van der Waals surface area contributed by atoms with Gasteiger partial charge in [0, 0.05) is 13.1 Å². The van der Waals surface area contributed by atoms with Crippen LogP contribution in [0.4, 0.5) is 0 Å². The summed E-state index contributed by atoms with van der Waals surface area (Å²) in [5, 5.41) is 13.9. The van der Waals surface area contributed by atoms with Crippen molar-refractivity contribution in [2.45, 2.75) is 6.10 Å². The topological polar surface area (TPSA) is 32.3 Å². The first-order chi connectivity index (χ1) is 10.3. The zero-order valence-electron chi connectivity index (χ0n) is 12.1. The maximum atomic E-state index is 10.7. The van der Waals surface area contributed by atoms with Crippen LogP contribution in [0.25, 0.3) is 5.57 Å². The molecule has 0 aromatic heterocycles. The van der Waals surface area contributed by atoms with Crippen molar-refractivity contribution in [3.05, 3.63) is 90.5 Å². The highest BCUT2D eigenvalue weighted by molar-refractivity contribution is 5.70. The lowest BCUT2D eigenvalue weighted by Gasteiger charge is -2.16. The second-order valence-corrected chi connectivity index (χ2v) is 4.79. The van der Waals surface area contributed by atoms with E-state index < -0.39 is 6.10 Å². The Hall–Kier alpha value is -2.16. The Morgan fingerprint density at radius 2 is 1.62 bits per heavy atom. The van der Waals surface area contributed by atoms with Gasteiger partial charge in [0.25, 0.3) is 0 Å². The third-order valence-electron chi connectivity index (χ3n) is 3.27. The highest BCUT2D eigenvalue weighted by Crippen LogP contribution is 2.29. The predicted molar refractivity (Wildman–Crippen MR) is 88.9 cm³/mol. The molecule has 0 spiro atoms. The first kappa shape index (κ1) is 15.2. The van der Waals surface area contributed by atoms with Gasteiger partial charge in [-0.2, -0.15) is 0 Å². The summed E-state index contributed by atoms with van der Waals surface area (Å²) in [6.07, 6.45) is 3.24. The fourth-order valence-electron chi connectivity index (χ4n) is 2.20. The fourth-order valence-corrected chi connectivity index (χ4v) is 2.20. The van der Waals surface area contributed by atoms with Crippen LogP contribution in [0, 0.1) is 0 Å². The Labute approximate surface area is 126 Å². The molecule has 0 heterocycles. The zero-order valence-corrected chi connectivity index (χ0v) is 12.1. The van der Waals surface area contributed by atoms with Crippen molar-refractivity contribution in [3.8, 4) is 0 Å². The lowest BCUT2D eigenvalue weighted by molar-refractivity contribution is 0.238. The van der Waals surface area contributed by atoms with Crippen LogP contribution in [0.1, 0.15) is 17.2 Å². The Kier molecular flexibility index (Phi) is 5.95. The van der Waals surface area contributed by atoms with E-state index in [2.05, 4.69) is 11.9 Å². The third-order valence-corrected chi connectivity index (χ3v) is 3.27. The molecular formula is C19H21NO. The van der Waals surface area contributed by atoms with Crippen LogP contribution in [0.3, 0.4) is 0 Å². The first-order valence-corrected chi connectivity index (χ1v) is 7.13. The second-order valence-electron chi connectivity index (χ2n) is 4.79. The van der Waals surface area contributed by atoms with Crippen molar-refractivity contribution >= 4 is 5.57 Å². The van der Waals surface area contributed by atoms with Gasteiger partial charge >= 0.3 is 0 Å². The molecule has 2 rings (SSSR count). The number of hydrogen-bond donors (Lipinski definition) is 2. The zero-order chi connectivity index (χ0) is 14.9. The molecule has 0 aliphatic carbocycles. The summed E-state index contributed by atoms with van der Waals surface area (Å²) in [4.78, 5) is 0. The van der Waals surface area contributed by atoms with Crippen molar-refractivity contribution < 1.29 is 5.11 Å². The van der Waals surface area contributed by atoms with Gasteiger partial charge in [0.05, 0.1) is 0 Å². The molecule has 2 aromatic rings. The molecule has 0 amide bonds. The summed E-state index contributed by atoms with van der Waals surface area (Å²) in [6, 6.07) is 19.7. The number of aliphatic hydroxyl groups excluding tert-OH is 1. The summed E-state index contributed by atoms with van der Waals surface area (Å²) < 4.78 is 0. The molecular weight excluding hydrogens is 258 g/mol. The molecule has 0 radical (unpaired) electrons. The van der Waals surface area contributed by atoms with Gasteiger partial charge in [-0.15, -0.1) is 6.58 Å². The van der Waals surface area contributed by atoms with Crippen molar-refractivity contribution in [1.29, 1.82) is 0 Å². The van der Waals surface area contributed by atoms with Crippen LogP contribution in [0.2, 0.25) is 0 Å². The summed E-state index contributed by atoms with van der Waals surface area (Å²) in [5.74, 6) is 0. The predicted octanol–water partition coefficient (Wildman–Crippen LogP) is 3.58. The largest absolute Gasteiger partial charge is 0.384 e. The maximum absolute atomic E-state index is 10.7. The third kappa shape index (κ3) is 4.42. The van der Waals surface area contributed by atoms with Crippen LogP contribution in [0.15, 0.2) is 79.4 Å². The molecule has 0 aliphatic heterocycles. The lowest BCUT2D eigenvalue weighted by atomic mass is 9.95. The molecule has 21 heavy (non-hydrogen) atoms. The van der Waals surface area contributed by atoms with E-state index in [1.165, 1.54) is 0 Å². The van der Waals surface area contributed by atoms with Gasteiger partial charge in [-0.25, -0.2) is 0 Å². The van der Waals surface area contributed by atoms with E-state index in [1.54, 1.807) is 0 Å². The van der Waals surface area contributed by atoms with Crippen LogP contribution in [-0.4, -0.2) is 18.2 Å². The van der Waals surface area contributed by atoms with Gasteiger partial charge in [-0.3, -0.25) is 0 Å². The Balaban J connectivity index is 2.25. The lowest BCUT2D eigenvalue weighted by Crippen LogP contribution is -2.14. The van der Waals surface area contributed by atoms with E-state index in [4.69, 9.17) is 0 Å². The number of nitrogens with one attached hydrogen (secondary N) is 1.